The molecule has 0 fully saturated rings. The van der Waals surface area contributed by atoms with E-state index in [1.165, 1.54) is 30.3 Å². The molecular weight excluding hydrogens is 394 g/mol. The molecule has 0 aliphatic carbocycles. The van der Waals surface area contributed by atoms with Gasteiger partial charge in [0.25, 0.3) is 21.8 Å². The highest BCUT2D eigenvalue weighted by molar-refractivity contribution is 7.89. The number of hydrogen-bond donors (Lipinski definition) is 3. The van der Waals surface area contributed by atoms with Crippen LogP contribution in [0.4, 0.5) is 5.69 Å². The molecular formula is C17H14ClN3O5S. The van der Waals surface area contributed by atoms with Crippen molar-refractivity contribution < 1.29 is 23.1 Å². The van der Waals surface area contributed by atoms with E-state index in [-0.39, 0.29) is 26.7 Å². The number of nitrogens with one attached hydrogen (secondary N) is 1. The Kier molecular flexibility index (Phi) is 4.58. The lowest BCUT2D eigenvalue weighted by Gasteiger charge is -2.28. The molecule has 0 bridgehead atoms. The van der Waals surface area contributed by atoms with Crippen LogP contribution in [-0.4, -0.2) is 36.7 Å². The van der Waals surface area contributed by atoms with Gasteiger partial charge in [0.05, 0.1) is 11.3 Å². The van der Waals surface area contributed by atoms with E-state index in [4.69, 9.17) is 17.3 Å². The molecule has 2 amide bonds. The smallest absolute Gasteiger partial charge is 0.276 e. The van der Waals surface area contributed by atoms with Gasteiger partial charge in [-0.05, 0) is 30.3 Å². The summed E-state index contributed by atoms with van der Waals surface area (Å²) in [6.07, 6.45) is 0. The van der Waals surface area contributed by atoms with Crippen LogP contribution in [0.2, 0.25) is 5.02 Å². The van der Waals surface area contributed by atoms with Crippen LogP contribution in [-0.2, 0) is 14.8 Å². The normalized spacial score (nSPS) is 15.3. The molecule has 0 spiro atoms. The number of sulfonamides is 1. The number of carbonyl (C=O) groups is 2. The van der Waals surface area contributed by atoms with Gasteiger partial charge < -0.3 is 16.2 Å². The first-order valence-electron chi connectivity index (χ1n) is 7.57. The Morgan fingerprint density at radius 2 is 1.85 bits per heavy atom. The number of carbonyl (C=O) groups excluding carboxylic acids is 2. The number of amides is 2. The Bertz CT molecular complexity index is 1110. The number of anilines is 1. The quantitative estimate of drug-likeness (QED) is 0.715. The van der Waals surface area contributed by atoms with Gasteiger partial charge in [-0.2, -0.15) is 0 Å². The molecule has 4 N–H and O–H groups in total. The van der Waals surface area contributed by atoms with Crippen LogP contribution in [0.25, 0.3) is 5.76 Å². The Labute approximate surface area is 159 Å². The third-order valence-corrected chi connectivity index (χ3v) is 6.06. The lowest BCUT2D eigenvalue weighted by Crippen LogP contribution is -2.37. The number of rotatable bonds is 3. The van der Waals surface area contributed by atoms with Gasteiger partial charge in [-0.3, -0.25) is 13.9 Å². The number of primary amides is 1. The summed E-state index contributed by atoms with van der Waals surface area (Å²) in [5, 5.41) is 13.1. The second-order valence-electron chi connectivity index (χ2n) is 5.67. The SMILES string of the molecule is CN1C(C(=O)Nc2ccccc2C(N)=O)=C(O)c2ccc(Cl)cc2S1(=O)=O. The van der Waals surface area contributed by atoms with E-state index in [0.29, 0.717) is 4.31 Å². The lowest BCUT2D eigenvalue weighted by atomic mass is 10.1. The summed E-state index contributed by atoms with van der Waals surface area (Å²) in [5.41, 5.74) is 4.85. The van der Waals surface area contributed by atoms with Crippen LogP contribution in [0.3, 0.4) is 0 Å². The summed E-state index contributed by atoms with van der Waals surface area (Å²) in [5.74, 6) is -2.23. The number of halogens is 1. The van der Waals surface area contributed by atoms with Gasteiger partial charge in [-0.1, -0.05) is 23.7 Å². The number of likely N-dealkylation sites (N-methyl/N-ethyl adjacent to an activating group) is 1. The number of aliphatic hydroxyl groups excluding tert-OH is 1. The summed E-state index contributed by atoms with van der Waals surface area (Å²) >= 11 is 5.85. The molecule has 0 saturated heterocycles. The van der Waals surface area contributed by atoms with Crippen molar-refractivity contribution in [3.05, 3.63) is 64.3 Å². The average Bonchev–Trinajstić information content (AvgIpc) is 2.60. The largest absolute Gasteiger partial charge is 0.505 e. The molecule has 0 atom stereocenters. The van der Waals surface area contributed by atoms with Crippen molar-refractivity contribution in [2.24, 2.45) is 5.73 Å². The zero-order valence-corrected chi connectivity index (χ0v) is 15.5. The maximum Gasteiger partial charge on any atom is 0.276 e. The van der Waals surface area contributed by atoms with Crippen molar-refractivity contribution in [3.8, 4) is 0 Å². The van der Waals surface area contributed by atoms with E-state index in [1.807, 2.05) is 0 Å². The maximum absolute atomic E-state index is 12.7. The van der Waals surface area contributed by atoms with Crippen molar-refractivity contribution in [2.45, 2.75) is 4.90 Å². The molecule has 0 aromatic heterocycles. The molecule has 0 saturated carbocycles. The predicted molar refractivity (Wildman–Crippen MR) is 99.5 cm³/mol. The van der Waals surface area contributed by atoms with Gasteiger partial charge in [0.15, 0.2) is 11.5 Å². The number of nitrogens with two attached hydrogens (primary N) is 1. The summed E-state index contributed by atoms with van der Waals surface area (Å²) in [4.78, 5) is 24.0. The summed E-state index contributed by atoms with van der Waals surface area (Å²) < 4.78 is 26.1. The van der Waals surface area contributed by atoms with Crippen molar-refractivity contribution in [1.29, 1.82) is 0 Å². The molecule has 0 radical (unpaired) electrons. The second kappa shape index (κ2) is 6.60. The molecule has 1 heterocycles. The molecule has 1 aliphatic rings. The van der Waals surface area contributed by atoms with Gasteiger partial charge in [0.1, 0.15) is 4.90 Å². The molecule has 3 rings (SSSR count). The standard InChI is InChI=1S/C17H14ClN3O5S/c1-21-14(17(24)20-12-5-3-2-4-10(12)16(19)23)15(22)11-7-6-9(18)8-13(11)27(21,25)26/h2-8,22H,1H3,(H2,19,23)(H,20,24). The van der Waals surface area contributed by atoms with Crippen LogP contribution in [0.5, 0.6) is 0 Å². The van der Waals surface area contributed by atoms with Crippen LogP contribution >= 0.6 is 11.6 Å². The van der Waals surface area contributed by atoms with Crippen LogP contribution in [0.1, 0.15) is 15.9 Å². The van der Waals surface area contributed by atoms with Crippen molar-refractivity contribution in [2.75, 3.05) is 12.4 Å². The molecule has 8 nitrogen and oxygen atoms in total. The highest BCUT2D eigenvalue weighted by Gasteiger charge is 2.38. The Morgan fingerprint density at radius 3 is 2.52 bits per heavy atom. The van der Waals surface area contributed by atoms with Crippen LogP contribution in [0, 0.1) is 0 Å². The minimum absolute atomic E-state index is 0.0411. The first-order valence-corrected chi connectivity index (χ1v) is 9.38. The molecule has 2 aromatic rings. The monoisotopic (exact) mass is 407 g/mol. The number of fused-ring (bicyclic) bond motifs is 1. The summed E-state index contributed by atoms with van der Waals surface area (Å²) in [6.45, 7) is 0. The maximum atomic E-state index is 12.7. The Hall–Kier alpha value is -3.04. The van der Waals surface area contributed by atoms with Gasteiger partial charge >= 0.3 is 0 Å². The highest BCUT2D eigenvalue weighted by atomic mass is 35.5. The minimum atomic E-state index is -4.11. The van der Waals surface area contributed by atoms with E-state index < -0.39 is 33.3 Å². The van der Waals surface area contributed by atoms with Crippen LogP contribution in [0.15, 0.2) is 53.1 Å². The average molecular weight is 408 g/mol. The van der Waals surface area contributed by atoms with E-state index in [1.54, 1.807) is 12.1 Å². The summed E-state index contributed by atoms with van der Waals surface area (Å²) in [6, 6.07) is 9.86. The fourth-order valence-electron chi connectivity index (χ4n) is 2.69. The lowest BCUT2D eigenvalue weighted by molar-refractivity contribution is -0.113. The first-order chi connectivity index (χ1) is 12.6. The van der Waals surface area contributed by atoms with Gasteiger partial charge in [-0.15, -0.1) is 0 Å². The van der Waals surface area contributed by atoms with E-state index in [0.717, 1.165) is 7.05 Å². The summed E-state index contributed by atoms with van der Waals surface area (Å²) in [7, 11) is -2.98. The molecule has 1 aliphatic heterocycles. The number of benzene rings is 2. The van der Waals surface area contributed by atoms with Crippen molar-refractivity contribution in [1.82, 2.24) is 4.31 Å². The highest BCUT2D eigenvalue weighted by Crippen LogP contribution is 2.36. The van der Waals surface area contributed by atoms with Gasteiger partial charge in [0.2, 0.25) is 0 Å². The molecule has 10 heteroatoms. The number of para-hydroxylation sites is 1. The third kappa shape index (κ3) is 3.11. The molecule has 0 unspecified atom stereocenters. The first kappa shape index (κ1) is 18.7. The second-order valence-corrected chi connectivity index (χ2v) is 8.05. The van der Waals surface area contributed by atoms with Gasteiger partial charge in [-0.25, -0.2) is 8.42 Å². The fraction of sp³-hybridized carbons (Fsp3) is 0.0588. The molecule has 140 valence electrons. The topological polar surface area (TPSA) is 130 Å². The predicted octanol–water partition coefficient (Wildman–Crippen LogP) is 1.94. The Balaban J connectivity index is 2.11. The zero-order valence-electron chi connectivity index (χ0n) is 13.9. The molecule has 2 aromatic carbocycles. The number of aliphatic hydroxyl groups is 1. The van der Waals surface area contributed by atoms with Crippen LogP contribution < -0.4 is 11.1 Å². The van der Waals surface area contributed by atoms with E-state index >= 15 is 0 Å². The van der Waals surface area contributed by atoms with E-state index in [2.05, 4.69) is 5.32 Å². The third-order valence-electron chi connectivity index (χ3n) is 4.03. The fourth-order valence-corrected chi connectivity index (χ4v) is 4.35. The van der Waals surface area contributed by atoms with Crippen molar-refractivity contribution >= 4 is 44.9 Å². The number of nitrogens with zero attached hydrogens (tertiary/aromatic N) is 1. The number of hydrogen-bond acceptors (Lipinski definition) is 5. The zero-order chi connectivity index (χ0) is 19.9. The van der Waals surface area contributed by atoms with Crippen molar-refractivity contribution in [3.63, 3.8) is 0 Å². The van der Waals surface area contributed by atoms with E-state index in [9.17, 15) is 23.1 Å². The minimum Gasteiger partial charge on any atom is -0.505 e. The Morgan fingerprint density at radius 1 is 1.19 bits per heavy atom. The molecule has 27 heavy (non-hydrogen) atoms. The van der Waals surface area contributed by atoms with Gasteiger partial charge in [0, 0.05) is 17.6 Å².